The fourth-order valence-corrected chi connectivity index (χ4v) is 3.72. The first-order valence-corrected chi connectivity index (χ1v) is 10.3. The third-order valence-electron chi connectivity index (χ3n) is 5.81. The van der Waals surface area contributed by atoms with Crippen molar-refractivity contribution in [3.8, 4) is 0 Å². The molecule has 2 aliphatic heterocycles. The summed E-state index contributed by atoms with van der Waals surface area (Å²) in [6.45, 7) is 7.49. The van der Waals surface area contributed by atoms with E-state index < -0.39 is 0 Å². The number of ether oxygens (including phenoxy) is 1. The first kappa shape index (κ1) is 21.4. The lowest BCUT2D eigenvalue weighted by Crippen LogP contribution is -2.48. The van der Waals surface area contributed by atoms with Crippen molar-refractivity contribution in [2.45, 2.75) is 32.7 Å². The number of hydrogen-bond donors (Lipinski definition) is 1. The molecule has 0 spiro atoms. The summed E-state index contributed by atoms with van der Waals surface area (Å²) in [7, 11) is 1.84. The molecule has 1 N–H and O–H groups in total. The molecule has 7 nitrogen and oxygen atoms in total. The van der Waals surface area contributed by atoms with Crippen LogP contribution in [0.3, 0.4) is 0 Å². The maximum absolute atomic E-state index is 14.4. The van der Waals surface area contributed by atoms with Gasteiger partial charge in [-0.1, -0.05) is 0 Å². The number of piperidine rings is 1. The minimum atomic E-state index is -0.367. The van der Waals surface area contributed by atoms with Gasteiger partial charge in [0.2, 0.25) is 5.91 Å². The second kappa shape index (κ2) is 9.43. The molecule has 160 valence electrons. The normalized spacial score (nSPS) is 18.1. The molecule has 1 aromatic carbocycles. The zero-order valence-electron chi connectivity index (χ0n) is 17.5. The largest absolute Gasteiger partial charge is 0.378 e. The van der Waals surface area contributed by atoms with Crippen molar-refractivity contribution < 1.29 is 18.7 Å². The molecule has 2 heterocycles. The number of carbonyl (C=O) groups excluding carboxylic acids is 2. The molecule has 0 aliphatic carbocycles. The minimum absolute atomic E-state index is 0.0413. The minimum Gasteiger partial charge on any atom is -0.378 e. The Morgan fingerprint density at radius 2 is 1.79 bits per heavy atom. The highest BCUT2D eigenvalue weighted by atomic mass is 19.1. The predicted molar refractivity (Wildman–Crippen MR) is 111 cm³/mol. The van der Waals surface area contributed by atoms with E-state index in [1.807, 2.05) is 30.7 Å². The third kappa shape index (κ3) is 5.18. The van der Waals surface area contributed by atoms with Crippen molar-refractivity contribution in [2.24, 2.45) is 5.92 Å². The summed E-state index contributed by atoms with van der Waals surface area (Å²) in [5.74, 6) is -0.241. The van der Waals surface area contributed by atoms with Gasteiger partial charge in [-0.15, -0.1) is 0 Å². The van der Waals surface area contributed by atoms with Crippen LogP contribution in [-0.4, -0.2) is 74.2 Å². The van der Waals surface area contributed by atoms with Crippen LogP contribution in [0.4, 0.5) is 20.6 Å². The molecule has 8 heteroatoms. The summed E-state index contributed by atoms with van der Waals surface area (Å²) in [6.07, 6.45) is 1.30. The van der Waals surface area contributed by atoms with Gasteiger partial charge < -0.3 is 24.8 Å². The Balaban J connectivity index is 1.52. The van der Waals surface area contributed by atoms with E-state index >= 15 is 0 Å². The van der Waals surface area contributed by atoms with Gasteiger partial charge in [0, 0.05) is 50.9 Å². The second-order valence-electron chi connectivity index (χ2n) is 8.00. The zero-order chi connectivity index (χ0) is 21.0. The smallest absolute Gasteiger partial charge is 0.321 e. The number of nitrogens with one attached hydrogen (secondary N) is 1. The molecule has 0 unspecified atom stereocenters. The molecule has 3 rings (SSSR count). The van der Waals surface area contributed by atoms with Gasteiger partial charge in [-0.3, -0.25) is 4.79 Å². The molecule has 0 atom stereocenters. The predicted octanol–water partition coefficient (Wildman–Crippen LogP) is 2.77. The average molecular weight is 407 g/mol. The number of amides is 3. The van der Waals surface area contributed by atoms with E-state index in [0.717, 1.165) is 0 Å². The SMILES string of the molecule is CC(C)N(C)c1ccc(NC(=O)N2CCC(C(=O)N3CCOCC3)CC2)cc1F. The summed E-state index contributed by atoms with van der Waals surface area (Å²) in [4.78, 5) is 30.6. The Bertz CT molecular complexity index is 729. The van der Waals surface area contributed by atoms with Gasteiger partial charge >= 0.3 is 6.03 Å². The molecular weight excluding hydrogens is 375 g/mol. The lowest BCUT2D eigenvalue weighted by Gasteiger charge is -2.35. The monoisotopic (exact) mass is 406 g/mol. The van der Waals surface area contributed by atoms with Crippen LogP contribution in [0, 0.1) is 11.7 Å². The maximum Gasteiger partial charge on any atom is 0.321 e. The van der Waals surface area contributed by atoms with E-state index in [1.165, 1.54) is 6.07 Å². The molecule has 0 radical (unpaired) electrons. The summed E-state index contributed by atoms with van der Waals surface area (Å²) in [5, 5.41) is 2.77. The molecule has 0 aromatic heterocycles. The molecule has 2 aliphatic rings. The van der Waals surface area contributed by atoms with Crippen molar-refractivity contribution >= 4 is 23.3 Å². The Morgan fingerprint density at radius 3 is 2.38 bits per heavy atom. The van der Waals surface area contributed by atoms with E-state index in [0.29, 0.717) is 63.6 Å². The van der Waals surface area contributed by atoms with Crippen molar-refractivity contribution in [3.63, 3.8) is 0 Å². The number of carbonyl (C=O) groups is 2. The maximum atomic E-state index is 14.4. The molecular formula is C21H31FN4O3. The Kier molecular flexibility index (Phi) is 6.95. The van der Waals surface area contributed by atoms with Gasteiger partial charge in [-0.05, 0) is 44.9 Å². The number of hydrogen-bond acceptors (Lipinski definition) is 4. The molecule has 0 saturated carbocycles. The summed E-state index contributed by atoms with van der Waals surface area (Å²) in [6, 6.07) is 4.65. The number of morpholine rings is 1. The Labute approximate surface area is 171 Å². The highest BCUT2D eigenvalue weighted by Crippen LogP contribution is 2.25. The standard InChI is InChI=1S/C21H31FN4O3/c1-15(2)24(3)19-5-4-17(14-18(19)22)23-21(28)26-8-6-16(7-9-26)20(27)25-10-12-29-13-11-25/h4-5,14-16H,6-13H2,1-3H3,(H,23,28). The molecule has 2 fully saturated rings. The topological polar surface area (TPSA) is 65.1 Å². The van der Waals surface area contributed by atoms with Crippen LogP contribution in [0.1, 0.15) is 26.7 Å². The van der Waals surface area contributed by atoms with E-state index in [2.05, 4.69) is 5.32 Å². The summed E-state index contributed by atoms with van der Waals surface area (Å²) < 4.78 is 19.7. The highest BCUT2D eigenvalue weighted by Gasteiger charge is 2.31. The van der Waals surface area contributed by atoms with Crippen LogP contribution in [0.2, 0.25) is 0 Å². The van der Waals surface area contributed by atoms with Gasteiger partial charge in [0.15, 0.2) is 0 Å². The first-order chi connectivity index (χ1) is 13.9. The lowest BCUT2D eigenvalue weighted by atomic mass is 9.95. The molecule has 1 aromatic rings. The van der Waals surface area contributed by atoms with Crippen LogP contribution in [0.25, 0.3) is 0 Å². The van der Waals surface area contributed by atoms with Gasteiger partial charge in [0.1, 0.15) is 5.82 Å². The number of nitrogens with zero attached hydrogens (tertiary/aromatic N) is 3. The van der Waals surface area contributed by atoms with Crippen molar-refractivity contribution in [1.82, 2.24) is 9.80 Å². The second-order valence-corrected chi connectivity index (χ2v) is 8.00. The lowest BCUT2D eigenvalue weighted by molar-refractivity contribution is -0.140. The number of urea groups is 1. The van der Waals surface area contributed by atoms with Crippen molar-refractivity contribution in [3.05, 3.63) is 24.0 Å². The summed E-state index contributed by atoms with van der Waals surface area (Å²) >= 11 is 0. The zero-order valence-corrected chi connectivity index (χ0v) is 17.5. The van der Waals surface area contributed by atoms with E-state index in [1.54, 1.807) is 17.0 Å². The number of benzene rings is 1. The van der Waals surface area contributed by atoms with Crippen LogP contribution >= 0.6 is 0 Å². The van der Waals surface area contributed by atoms with E-state index in [4.69, 9.17) is 4.74 Å². The quantitative estimate of drug-likeness (QED) is 0.835. The Hall–Kier alpha value is -2.35. The molecule has 29 heavy (non-hydrogen) atoms. The van der Waals surface area contributed by atoms with Crippen LogP contribution < -0.4 is 10.2 Å². The highest BCUT2D eigenvalue weighted by molar-refractivity contribution is 5.90. The van der Waals surface area contributed by atoms with Gasteiger partial charge in [0.05, 0.1) is 18.9 Å². The Morgan fingerprint density at radius 1 is 1.14 bits per heavy atom. The van der Waals surface area contributed by atoms with Crippen molar-refractivity contribution in [1.29, 1.82) is 0 Å². The number of anilines is 2. The van der Waals surface area contributed by atoms with Crippen LogP contribution in [-0.2, 0) is 9.53 Å². The molecule has 3 amide bonds. The number of rotatable bonds is 4. The fraction of sp³-hybridized carbons (Fsp3) is 0.619. The van der Waals surface area contributed by atoms with Crippen LogP contribution in [0.5, 0.6) is 0 Å². The van der Waals surface area contributed by atoms with Crippen molar-refractivity contribution in [2.75, 3.05) is 56.7 Å². The average Bonchev–Trinajstić information content (AvgIpc) is 2.73. The number of halogens is 1. The van der Waals surface area contributed by atoms with Gasteiger partial charge in [-0.2, -0.15) is 0 Å². The van der Waals surface area contributed by atoms with Crippen LogP contribution in [0.15, 0.2) is 18.2 Å². The number of likely N-dealkylation sites (tertiary alicyclic amines) is 1. The van der Waals surface area contributed by atoms with Gasteiger partial charge in [-0.25, -0.2) is 9.18 Å². The summed E-state index contributed by atoms with van der Waals surface area (Å²) in [5.41, 5.74) is 0.931. The third-order valence-corrected chi connectivity index (χ3v) is 5.81. The molecule has 2 saturated heterocycles. The fourth-order valence-electron chi connectivity index (χ4n) is 3.72. The first-order valence-electron chi connectivity index (χ1n) is 10.3. The van der Waals surface area contributed by atoms with E-state index in [9.17, 15) is 14.0 Å². The van der Waals surface area contributed by atoms with Gasteiger partial charge in [0.25, 0.3) is 0 Å². The molecule has 0 bridgehead atoms. The van der Waals surface area contributed by atoms with E-state index in [-0.39, 0.29) is 29.7 Å².